The molecule has 0 bridgehead atoms. The van der Waals surface area contributed by atoms with Crippen LogP contribution >= 0.6 is 23.2 Å². The maximum absolute atomic E-state index is 13.4. The normalized spacial score (nSPS) is 12.4. The van der Waals surface area contributed by atoms with E-state index in [0.717, 1.165) is 12.8 Å². The molecule has 1 rings (SSSR count). The number of hydrogen-bond acceptors (Lipinski definition) is 2. The summed E-state index contributed by atoms with van der Waals surface area (Å²) in [6.45, 7) is 2.59. The van der Waals surface area contributed by atoms with Gasteiger partial charge < -0.3 is 11.1 Å². The Morgan fingerprint density at radius 1 is 1.37 bits per heavy atom. The summed E-state index contributed by atoms with van der Waals surface area (Å²) >= 11 is 11.7. The van der Waals surface area contributed by atoms with E-state index < -0.39 is 5.82 Å². The minimum Gasteiger partial charge on any atom is -0.370 e. The number of carbonyl (C=O) groups is 1. The van der Waals surface area contributed by atoms with E-state index in [1.807, 2.05) is 6.92 Å². The van der Waals surface area contributed by atoms with Gasteiger partial charge in [0.15, 0.2) is 0 Å². The van der Waals surface area contributed by atoms with Crippen LogP contribution in [0.25, 0.3) is 0 Å². The van der Waals surface area contributed by atoms with Gasteiger partial charge in [0.1, 0.15) is 5.82 Å². The van der Waals surface area contributed by atoms with E-state index in [1.165, 1.54) is 12.1 Å². The van der Waals surface area contributed by atoms with Gasteiger partial charge in [-0.1, -0.05) is 23.2 Å². The number of rotatable bonds is 7. The molecule has 0 aromatic heterocycles. The van der Waals surface area contributed by atoms with Crippen molar-refractivity contribution in [2.24, 2.45) is 5.73 Å². The van der Waals surface area contributed by atoms with Crippen molar-refractivity contribution in [2.75, 3.05) is 6.54 Å². The number of nitrogens with two attached hydrogens (primary N) is 1. The first kappa shape index (κ1) is 16.2. The lowest BCUT2D eigenvalue weighted by molar-refractivity contribution is -0.118. The Balaban J connectivity index is 2.47. The van der Waals surface area contributed by atoms with Crippen molar-refractivity contribution in [3.05, 3.63) is 33.6 Å². The molecule has 106 valence electrons. The summed E-state index contributed by atoms with van der Waals surface area (Å²) in [5, 5.41) is 3.66. The van der Waals surface area contributed by atoms with E-state index in [4.69, 9.17) is 28.9 Å². The highest BCUT2D eigenvalue weighted by molar-refractivity contribution is 6.35. The standard InChI is InChI=1S/C13H17Cl2FN2O/c1-8(18-5-3-2-4-13(17)19)9-6-12(16)11(15)7-10(9)14/h6-8,18H,2-5H2,1H3,(H2,17,19). The third-order valence-corrected chi connectivity index (χ3v) is 3.42. The van der Waals surface area contributed by atoms with Crippen LogP contribution in [0.1, 0.15) is 37.8 Å². The lowest BCUT2D eigenvalue weighted by atomic mass is 10.1. The summed E-state index contributed by atoms with van der Waals surface area (Å²) < 4.78 is 13.4. The number of halogens is 3. The fourth-order valence-electron chi connectivity index (χ4n) is 1.72. The van der Waals surface area contributed by atoms with Gasteiger partial charge in [0.2, 0.25) is 5.91 Å². The monoisotopic (exact) mass is 306 g/mol. The van der Waals surface area contributed by atoms with Crippen LogP contribution in [0.5, 0.6) is 0 Å². The molecule has 0 fully saturated rings. The van der Waals surface area contributed by atoms with E-state index in [9.17, 15) is 9.18 Å². The molecule has 6 heteroatoms. The Morgan fingerprint density at radius 2 is 2.05 bits per heavy atom. The molecule has 19 heavy (non-hydrogen) atoms. The third-order valence-electron chi connectivity index (χ3n) is 2.81. The molecule has 0 saturated carbocycles. The van der Waals surface area contributed by atoms with Crippen LogP contribution in [0.3, 0.4) is 0 Å². The molecule has 0 aliphatic carbocycles. The summed E-state index contributed by atoms with van der Waals surface area (Å²) in [6.07, 6.45) is 1.94. The molecule has 0 saturated heterocycles. The number of amides is 1. The van der Waals surface area contributed by atoms with Crippen LogP contribution in [-0.4, -0.2) is 12.5 Å². The van der Waals surface area contributed by atoms with E-state index >= 15 is 0 Å². The van der Waals surface area contributed by atoms with Crippen molar-refractivity contribution in [3.8, 4) is 0 Å². The van der Waals surface area contributed by atoms with Crippen LogP contribution in [-0.2, 0) is 4.79 Å². The van der Waals surface area contributed by atoms with Crippen molar-refractivity contribution in [1.82, 2.24) is 5.32 Å². The first-order valence-electron chi connectivity index (χ1n) is 6.08. The highest BCUT2D eigenvalue weighted by Gasteiger charge is 2.12. The van der Waals surface area contributed by atoms with Crippen molar-refractivity contribution < 1.29 is 9.18 Å². The molecular formula is C13H17Cl2FN2O. The largest absolute Gasteiger partial charge is 0.370 e. The van der Waals surface area contributed by atoms with Crippen LogP contribution in [0.15, 0.2) is 12.1 Å². The zero-order valence-corrected chi connectivity index (χ0v) is 12.2. The number of unbranched alkanes of at least 4 members (excludes halogenated alkanes) is 1. The van der Waals surface area contributed by atoms with Crippen LogP contribution < -0.4 is 11.1 Å². The lowest BCUT2D eigenvalue weighted by Crippen LogP contribution is -2.21. The molecule has 0 radical (unpaired) electrons. The zero-order chi connectivity index (χ0) is 14.4. The zero-order valence-electron chi connectivity index (χ0n) is 10.7. The SMILES string of the molecule is CC(NCCCCC(N)=O)c1cc(F)c(Cl)cc1Cl. The van der Waals surface area contributed by atoms with E-state index in [2.05, 4.69) is 5.32 Å². The Hall–Kier alpha value is -0.840. The molecule has 0 aliphatic heterocycles. The molecule has 1 atom stereocenters. The minimum absolute atomic E-state index is 0.0161. The van der Waals surface area contributed by atoms with Gasteiger partial charge in [0, 0.05) is 17.5 Å². The lowest BCUT2D eigenvalue weighted by Gasteiger charge is -2.16. The second-order valence-corrected chi connectivity index (χ2v) is 5.20. The Kier molecular flexibility index (Phi) is 6.55. The molecule has 1 aromatic carbocycles. The fourth-order valence-corrected chi connectivity index (χ4v) is 2.27. The molecule has 0 heterocycles. The molecular weight excluding hydrogens is 290 g/mol. The number of benzene rings is 1. The van der Waals surface area contributed by atoms with Gasteiger partial charge in [-0.15, -0.1) is 0 Å². The Morgan fingerprint density at radius 3 is 2.68 bits per heavy atom. The quantitative estimate of drug-likeness (QED) is 0.599. The average Bonchev–Trinajstić information content (AvgIpc) is 2.32. The number of hydrogen-bond donors (Lipinski definition) is 2. The highest BCUT2D eigenvalue weighted by atomic mass is 35.5. The van der Waals surface area contributed by atoms with E-state index in [1.54, 1.807) is 0 Å². The molecule has 3 nitrogen and oxygen atoms in total. The van der Waals surface area contributed by atoms with Gasteiger partial charge in [-0.2, -0.15) is 0 Å². The predicted molar refractivity (Wildman–Crippen MR) is 75.9 cm³/mol. The summed E-state index contributed by atoms with van der Waals surface area (Å²) in [4.78, 5) is 10.6. The molecule has 1 unspecified atom stereocenters. The Bertz CT molecular complexity index is 455. The first-order valence-corrected chi connectivity index (χ1v) is 6.83. The molecule has 1 amide bonds. The predicted octanol–water partition coefficient (Wildman–Crippen LogP) is 3.44. The molecule has 0 aliphatic rings. The van der Waals surface area contributed by atoms with Crippen LogP contribution in [0, 0.1) is 5.82 Å². The second kappa shape index (κ2) is 7.68. The first-order chi connectivity index (χ1) is 8.91. The van der Waals surface area contributed by atoms with Gasteiger partial charge in [-0.05, 0) is 44.0 Å². The van der Waals surface area contributed by atoms with Crippen LogP contribution in [0.4, 0.5) is 4.39 Å². The van der Waals surface area contributed by atoms with Gasteiger partial charge >= 0.3 is 0 Å². The number of carbonyl (C=O) groups excluding carboxylic acids is 1. The minimum atomic E-state index is -0.483. The van der Waals surface area contributed by atoms with Crippen molar-refractivity contribution in [1.29, 1.82) is 0 Å². The van der Waals surface area contributed by atoms with Crippen molar-refractivity contribution in [2.45, 2.75) is 32.2 Å². The van der Waals surface area contributed by atoms with Gasteiger partial charge in [0.05, 0.1) is 5.02 Å². The van der Waals surface area contributed by atoms with E-state index in [0.29, 0.717) is 23.6 Å². The number of primary amides is 1. The summed E-state index contributed by atoms with van der Waals surface area (Å²) in [7, 11) is 0. The Labute approximate surface area is 122 Å². The van der Waals surface area contributed by atoms with Crippen LogP contribution in [0.2, 0.25) is 10.0 Å². The smallest absolute Gasteiger partial charge is 0.217 e. The molecule has 1 aromatic rings. The number of nitrogens with one attached hydrogen (secondary N) is 1. The van der Waals surface area contributed by atoms with Crippen molar-refractivity contribution >= 4 is 29.1 Å². The summed E-state index contributed by atoms with van der Waals surface area (Å²) in [5.74, 6) is -0.778. The molecule has 3 N–H and O–H groups in total. The fraction of sp³-hybridized carbons (Fsp3) is 0.462. The molecule has 0 spiro atoms. The van der Waals surface area contributed by atoms with Gasteiger partial charge in [-0.3, -0.25) is 4.79 Å². The van der Waals surface area contributed by atoms with Crippen molar-refractivity contribution in [3.63, 3.8) is 0 Å². The highest BCUT2D eigenvalue weighted by Crippen LogP contribution is 2.28. The summed E-state index contributed by atoms with van der Waals surface area (Å²) in [6, 6.07) is 2.65. The summed E-state index contributed by atoms with van der Waals surface area (Å²) in [5.41, 5.74) is 5.71. The maximum atomic E-state index is 13.4. The average molecular weight is 307 g/mol. The second-order valence-electron chi connectivity index (χ2n) is 4.39. The third kappa shape index (κ3) is 5.35. The topological polar surface area (TPSA) is 55.1 Å². The van der Waals surface area contributed by atoms with Gasteiger partial charge in [0.25, 0.3) is 0 Å². The van der Waals surface area contributed by atoms with E-state index in [-0.39, 0.29) is 17.0 Å². The van der Waals surface area contributed by atoms with Gasteiger partial charge in [-0.25, -0.2) is 4.39 Å². The maximum Gasteiger partial charge on any atom is 0.217 e.